The molecule has 0 atom stereocenters. The molecule has 0 fully saturated rings. The lowest BCUT2D eigenvalue weighted by molar-refractivity contribution is 0.0523. The molecule has 0 bridgehead atoms. The Morgan fingerprint density at radius 3 is 2.04 bits per heavy atom. The van der Waals surface area contributed by atoms with Gasteiger partial charge in [-0.25, -0.2) is 13.6 Å². The number of anilines is 1. The molecular weight excluding hydrogens is 738 g/mol. The number of benzene rings is 2. The molecule has 10 nitrogen and oxygen atoms in total. The molecule has 0 spiro atoms. The van der Waals surface area contributed by atoms with Crippen LogP contribution in [0.5, 0.6) is 0 Å². The third kappa shape index (κ3) is 7.57. The molecule has 3 aromatic heterocycles. The molecule has 5 aromatic rings. The number of carbonyl (C=O) groups is 1. The second-order valence-electron chi connectivity index (χ2n) is 11.0. The standard InChI is InChI=1S/C29H26Cl2F2N4O6S4/c1-29(2,3)43-28(38)34-15-17-6-4-7-18(14-17)16-36-20-9-5-8-19(26(32)33)25(20)27(35-36)37(46(39,40)23-12-10-21(30)44-23)47(41,42)24-13-11-22(31)45-24/h4-14,26H,15-16H2,1-3H3,(H,34,38). The van der Waals surface area contributed by atoms with Crippen molar-refractivity contribution in [3.05, 3.63) is 92.1 Å². The highest BCUT2D eigenvalue weighted by Gasteiger charge is 2.42. The van der Waals surface area contributed by atoms with Crippen LogP contribution in [-0.4, -0.2) is 38.3 Å². The molecule has 0 aliphatic rings. The summed E-state index contributed by atoms with van der Waals surface area (Å²) in [6.07, 6.45) is -3.73. The van der Waals surface area contributed by atoms with Gasteiger partial charge in [0.25, 0.3) is 26.5 Å². The number of ether oxygens (including phenoxy) is 1. The maximum absolute atomic E-state index is 14.5. The first-order valence-electron chi connectivity index (χ1n) is 13.6. The molecule has 5 rings (SSSR count). The van der Waals surface area contributed by atoms with Gasteiger partial charge in [0.1, 0.15) is 14.0 Å². The van der Waals surface area contributed by atoms with Gasteiger partial charge in [0, 0.05) is 12.1 Å². The zero-order valence-electron chi connectivity index (χ0n) is 24.8. The van der Waals surface area contributed by atoms with E-state index in [1.807, 2.05) is 0 Å². The van der Waals surface area contributed by atoms with Crippen molar-refractivity contribution >= 4 is 88.7 Å². The van der Waals surface area contributed by atoms with Crippen LogP contribution in [0, 0.1) is 0 Å². The Bertz CT molecular complexity index is 2110. The van der Waals surface area contributed by atoms with Gasteiger partial charge < -0.3 is 10.1 Å². The average molecular weight is 764 g/mol. The van der Waals surface area contributed by atoms with Gasteiger partial charge in [-0.15, -0.1) is 26.4 Å². The van der Waals surface area contributed by atoms with Crippen molar-refractivity contribution in [1.82, 2.24) is 15.1 Å². The summed E-state index contributed by atoms with van der Waals surface area (Å²) in [6, 6.07) is 15.6. The number of rotatable bonds is 10. The van der Waals surface area contributed by atoms with Gasteiger partial charge in [-0.1, -0.05) is 59.6 Å². The number of nitrogens with zero attached hydrogens (tertiary/aromatic N) is 3. The summed E-state index contributed by atoms with van der Waals surface area (Å²) in [5.74, 6) is -0.743. The molecule has 0 radical (unpaired) electrons. The van der Waals surface area contributed by atoms with Crippen LogP contribution in [0.4, 0.5) is 19.4 Å². The molecule has 0 unspecified atom stereocenters. The Morgan fingerprint density at radius 1 is 0.936 bits per heavy atom. The van der Waals surface area contributed by atoms with Crippen LogP contribution in [0.2, 0.25) is 8.67 Å². The number of alkyl carbamates (subject to hydrolysis) is 1. The number of hydrogen-bond donors (Lipinski definition) is 1. The third-order valence-corrected chi connectivity index (χ3v) is 13.9. The first-order valence-corrected chi connectivity index (χ1v) is 18.9. The van der Waals surface area contributed by atoms with E-state index in [1.54, 1.807) is 45.0 Å². The second-order valence-corrected chi connectivity index (χ2v) is 18.7. The number of aromatic nitrogens is 2. The van der Waals surface area contributed by atoms with Crippen LogP contribution in [0.1, 0.15) is 43.9 Å². The SMILES string of the molecule is CC(C)(C)OC(=O)NCc1cccc(Cn2nc(N(S(=O)(=O)c3ccc(Cl)s3)S(=O)(=O)c3ccc(Cl)s3)c3c(C(F)F)cccc32)c1. The molecule has 0 saturated carbocycles. The molecule has 47 heavy (non-hydrogen) atoms. The van der Waals surface area contributed by atoms with Gasteiger partial charge in [0.05, 0.1) is 26.1 Å². The Kier molecular flexibility index (Phi) is 9.93. The second kappa shape index (κ2) is 13.3. The number of carbonyl (C=O) groups excluding carboxylic acids is 1. The van der Waals surface area contributed by atoms with E-state index in [4.69, 9.17) is 27.9 Å². The van der Waals surface area contributed by atoms with Gasteiger partial charge in [-0.3, -0.25) is 4.68 Å². The topological polar surface area (TPSA) is 128 Å². The highest BCUT2D eigenvalue weighted by atomic mass is 35.5. The predicted molar refractivity (Wildman–Crippen MR) is 179 cm³/mol. The van der Waals surface area contributed by atoms with Crippen LogP contribution in [-0.2, 0) is 37.9 Å². The lowest BCUT2D eigenvalue weighted by Crippen LogP contribution is -2.37. The van der Waals surface area contributed by atoms with Crippen LogP contribution < -0.4 is 9.03 Å². The van der Waals surface area contributed by atoms with E-state index in [1.165, 1.54) is 28.9 Å². The van der Waals surface area contributed by atoms with Crippen molar-refractivity contribution in [3.63, 3.8) is 0 Å². The Balaban J connectivity index is 1.65. The molecule has 18 heteroatoms. The van der Waals surface area contributed by atoms with Crippen molar-refractivity contribution in [2.24, 2.45) is 0 Å². The van der Waals surface area contributed by atoms with Gasteiger partial charge >= 0.3 is 6.09 Å². The smallest absolute Gasteiger partial charge is 0.407 e. The Morgan fingerprint density at radius 2 is 1.51 bits per heavy atom. The molecular formula is C29H26Cl2F2N4O6S4. The molecule has 2 aromatic carbocycles. The third-order valence-electron chi connectivity index (χ3n) is 6.40. The van der Waals surface area contributed by atoms with Crippen molar-refractivity contribution in [1.29, 1.82) is 0 Å². The average Bonchev–Trinajstić information content (AvgIpc) is 3.71. The van der Waals surface area contributed by atoms with E-state index >= 15 is 0 Å². The van der Waals surface area contributed by atoms with E-state index in [0.717, 1.165) is 18.2 Å². The number of thiophene rings is 2. The zero-order valence-corrected chi connectivity index (χ0v) is 29.6. The van der Waals surface area contributed by atoms with E-state index in [9.17, 15) is 30.4 Å². The Labute approximate surface area is 287 Å². The minimum absolute atomic E-state index is 0.0545. The summed E-state index contributed by atoms with van der Waals surface area (Å²) in [7, 11) is -9.98. The van der Waals surface area contributed by atoms with E-state index in [0.29, 0.717) is 33.8 Å². The molecule has 1 N–H and O–H groups in total. The number of hydrogen-bond acceptors (Lipinski definition) is 9. The van der Waals surface area contributed by atoms with Crippen LogP contribution in [0.25, 0.3) is 10.9 Å². The summed E-state index contributed by atoms with van der Waals surface area (Å²) in [5, 5.41) is 6.66. The molecule has 0 aliphatic carbocycles. The van der Waals surface area contributed by atoms with Crippen LogP contribution >= 0.6 is 45.9 Å². The molecule has 0 saturated heterocycles. The number of sulfonamides is 2. The van der Waals surface area contributed by atoms with Crippen molar-refractivity contribution in [2.45, 2.75) is 54.3 Å². The summed E-state index contributed by atoms with van der Waals surface area (Å²) in [6.45, 7) is 5.24. The predicted octanol–water partition coefficient (Wildman–Crippen LogP) is 8.06. The maximum Gasteiger partial charge on any atom is 0.407 e. The quantitative estimate of drug-likeness (QED) is 0.153. The van der Waals surface area contributed by atoms with E-state index < -0.39 is 58.0 Å². The largest absolute Gasteiger partial charge is 0.444 e. The van der Waals surface area contributed by atoms with Crippen LogP contribution in [0.3, 0.4) is 0 Å². The first-order chi connectivity index (χ1) is 22.0. The number of nitrogens with one attached hydrogen (secondary N) is 1. The minimum atomic E-state index is -4.99. The Hall–Kier alpha value is -3.28. The highest BCUT2D eigenvalue weighted by Crippen LogP contribution is 2.42. The molecule has 1 amide bonds. The fraction of sp³-hybridized carbons (Fsp3) is 0.241. The van der Waals surface area contributed by atoms with E-state index in [2.05, 4.69) is 10.4 Å². The summed E-state index contributed by atoms with van der Waals surface area (Å²) in [4.78, 5) is 12.2. The van der Waals surface area contributed by atoms with Crippen LogP contribution in [0.15, 0.2) is 75.1 Å². The fourth-order valence-electron chi connectivity index (χ4n) is 4.56. The normalized spacial score (nSPS) is 12.5. The first kappa shape index (κ1) is 35.0. The summed E-state index contributed by atoms with van der Waals surface area (Å²) < 4.78 is 91.3. The zero-order chi connectivity index (χ0) is 34.3. The fourth-order valence-corrected chi connectivity index (χ4v) is 11.5. The van der Waals surface area contributed by atoms with Crippen molar-refractivity contribution < 1.29 is 35.1 Å². The maximum atomic E-state index is 14.5. The summed E-state index contributed by atoms with van der Waals surface area (Å²) >= 11 is 13.2. The van der Waals surface area contributed by atoms with Gasteiger partial charge in [-0.2, -0.15) is 21.9 Å². The number of amides is 1. The lowest BCUT2D eigenvalue weighted by Gasteiger charge is -2.21. The number of halogens is 4. The number of fused-ring (bicyclic) bond motifs is 1. The minimum Gasteiger partial charge on any atom is -0.444 e. The molecule has 3 heterocycles. The monoisotopic (exact) mass is 762 g/mol. The molecule has 250 valence electrons. The van der Waals surface area contributed by atoms with E-state index in [-0.39, 0.29) is 36.4 Å². The van der Waals surface area contributed by atoms with Gasteiger partial charge in [-0.05, 0) is 62.2 Å². The summed E-state index contributed by atoms with van der Waals surface area (Å²) in [5.41, 5.74) is 0.0117. The van der Waals surface area contributed by atoms with Gasteiger partial charge in [0.15, 0.2) is 5.82 Å². The lowest BCUT2D eigenvalue weighted by atomic mass is 10.1. The molecule has 0 aliphatic heterocycles. The van der Waals surface area contributed by atoms with Gasteiger partial charge in [0.2, 0.25) is 0 Å². The van der Waals surface area contributed by atoms with Crippen molar-refractivity contribution in [3.8, 4) is 0 Å². The number of alkyl halides is 2. The highest BCUT2D eigenvalue weighted by molar-refractivity contribution is 8.11. The van der Waals surface area contributed by atoms with Crippen molar-refractivity contribution in [2.75, 3.05) is 3.71 Å².